The molecule has 0 bridgehead atoms. The summed E-state index contributed by atoms with van der Waals surface area (Å²) in [7, 11) is 1.97. The first-order chi connectivity index (χ1) is 8.52. The minimum atomic E-state index is 0.128. The largest absolute Gasteiger partial charge is 0.348 e. The Bertz CT molecular complexity index is 541. The Hall–Kier alpha value is -1.07. The molecule has 0 spiro atoms. The van der Waals surface area contributed by atoms with Crippen molar-refractivity contribution in [1.29, 1.82) is 0 Å². The van der Waals surface area contributed by atoms with Crippen molar-refractivity contribution in [3.8, 4) is 0 Å². The zero-order valence-electron chi connectivity index (χ0n) is 11.0. The second kappa shape index (κ2) is 5.28. The van der Waals surface area contributed by atoms with Gasteiger partial charge >= 0.3 is 0 Å². The maximum atomic E-state index is 6.02. The molecule has 0 aliphatic rings. The molecule has 98 valence electrons. The van der Waals surface area contributed by atoms with Gasteiger partial charge in [-0.15, -0.1) is 0 Å². The van der Waals surface area contributed by atoms with Gasteiger partial charge in [0.15, 0.2) is 0 Å². The molecule has 0 radical (unpaired) electrons. The average Bonchev–Trinajstić information content (AvgIpc) is 2.90. The van der Waals surface area contributed by atoms with E-state index in [4.69, 9.17) is 5.73 Å². The van der Waals surface area contributed by atoms with E-state index in [1.165, 1.54) is 11.3 Å². The highest BCUT2D eigenvalue weighted by Gasteiger charge is 2.12. The van der Waals surface area contributed by atoms with Gasteiger partial charge in [-0.25, -0.2) is 0 Å². The fraction of sp³-hybridized carbons (Fsp3) is 0.462. The number of nitrogens with zero attached hydrogens (tertiary/aromatic N) is 3. The van der Waals surface area contributed by atoms with Gasteiger partial charge in [-0.1, -0.05) is 6.92 Å². The maximum Gasteiger partial charge on any atom is 0.0739 e. The Morgan fingerprint density at radius 3 is 2.78 bits per heavy atom. The van der Waals surface area contributed by atoms with Crippen LogP contribution in [0.4, 0.5) is 0 Å². The molecular weight excluding hydrogens is 292 g/mol. The Kier molecular flexibility index (Phi) is 3.92. The summed E-state index contributed by atoms with van der Waals surface area (Å²) in [4.78, 5) is 0. The molecule has 0 aromatic carbocycles. The van der Waals surface area contributed by atoms with Crippen molar-refractivity contribution in [3.63, 3.8) is 0 Å². The second-order valence-electron chi connectivity index (χ2n) is 4.60. The van der Waals surface area contributed by atoms with Crippen molar-refractivity contribution in [2.45, 2.75) is 32.9 Å². The molecule has 18 heavy (non-hydrogen) atoms. The molecule has 2 aromatic rings. The van der Waals surface area contributed by atoms with Crippen molar-refractivity contribution < 1.29 is 0 Å². The summed E-state index contributed by atoms with van der Waals surface area (Å²) in [6.07, 6.45) is 5.14. The van der Waals surface area contributed by atoms with Gasteiger partial charge in [-0.05, 0) is 40.9 Å². The maximum absolute atomic E-state index is 6.02. The predicted molar refractivity (Wildman–Crippen MR) is 76.4 cm³/mol. The zero-order valence-corrected chi connectivity index (χ0v) is 12.6. The lowest BCUT2D eigenvalue weighted by atomic mass is 10.1. The van der Waals surface area contributed by atoms with Crippen LogP contribution < -0.4 is 5.73 Å². The third kappa shape index (κ3) is 2.52. The minimum Gasteiger partial charge on any atom is -0.348 e. The highest BCUT2D eigenvalue weighted by Crippen LogP contribution is 2.22. The van der Waals surface area contributed by atoms with E-state index >= 15 is 0 Å². The fourth-order valence-corrected chi connectivity index (χ4v) is 2.50. The number of halogens is 1. The van der Waals surface area contributed by atoms with Crippen LogP contribution in [0.15, 0.2) is 22.9 Å². The number of nitrogens with two attached hydrogens (primary N) is 1. The second-order valence-corrected chi connectivity index (χ2v) is 5.39. The highest BCUT2D eigenvalue weighted by atomic mass is 79.9. The van der Waals surface area contributed by atoms with E-state index in [0.717, 1.165) is 23.1 Å². The number of aromatic nitrogens is 3. The summed E-state index contributed by atoms with van der Waals surface area (Å²) in [6, 6.07) is 2.22. The molecule has 4 nitrogen and oxygen atoms in total. The van der Waals surface area contributed by atoms with Crippen LogP contribution in [0.25, 0.3) is 0 Å². The summed E-state index contributed by atoms with van der Waals surface area (Å²) in [5, 5.41) is 4.40. The van der Waals surface area contributed by atoms with Gasteiger partial charge in [0.1, 0.15) is 0 Å². The number of aryl methyl sites for hydroxylation is 2. The summed E-state index contributed by atoms with van der Waals surface area (Å²) in [6.45, 7) is 4.90. The lowest BCUT2D eigenvalue weighted by Gasteiger charge is -2.06. The van der Waals surface area contributed by atoms with Gasteiger partial charge < -0.3 is 10.3 Å². The molecule has 5 heteroatoms. The van der Waals surface area contributed by atoms with Crippen molar-refractivity contribution in [2.75, 3.05) is 0 Å². The van der Waals surface area contributed by atoms with E-state index in [1.54, 1.807) is 0 Å². The van der Waals surface area contributed by atoms with E-state index in [2.05, 4.69) is 51.0 Å². The SMILES string of the molecule is CCC(N)c1ccn(Cc2c(Br)c(C)nn2C)c1. The van der Waals surface area contributed by atoms with Gasteiger partial charge in [-0.2, -0.15) is 5.10 Å². The molecule has 1 unspecified atom stereocenters. The van der Waals surface area contributed by atoms with Crippen molar-refractivity contribution >= 4 is 15.9 Å². The first-order valence-electron chi connectivity index (χ1n) is 6.12. The van der Waals surface area contributed by atoms with Gasteiger partial charge in [0.05, 0.1) is 22.4 Å². The van der Waals surface area contributed by atoms with Crippen LogP contribution in [0, 0.1) is 6.92 Å². The van der Waals surface area contributed by atoms with Crippen LogP contribution in [-0.4, -0.2) is 14.3 Å². The highest BCUT2D eigenvalue weighted by molar-refractivity contribution is 9.10. The van der Waals surface area contributed by atoms with Gasteiger partial charge in [0.25, 0.3) is 0 Å². The fourth-order valence-electron chi connectivity index (χ4n) is 2.04. The van der Waals surface area contributed by atoms with Crippen LogP contribution in [0.3, 0.4) is 0 Å². The van der Waals surface area contributed by atoms with Gasteiger partial charge in [0.2, 0.25) is 0 Å². The first kappa shape index (κ1) is 13.4. The topological polar surface area (TPSA) is 48.8 Å². The van der Waals surface area contributed by atoms with Crippen LogP contribution >= 0.6 is 15.9 Å². The van der Waals surface area contributed by atoms with E-state index < -0.39 is 0 Å². The molecule has 0 fully saturated rings. The Balaban J connectivity index is 2.21. The molecule has 0 amide bonds. The summed E-state index contributed by atoms with van der Waals surface area (Å²) < 4.78 is 5.14. The van der Waals surface area contributed by atoms with Crippen LogP contribution in [0.1, 0.15) is 36.3 Å². The van der Waals surface area contributed by atoms with Crippen molar-refractivity contribution in [2.24, 2.45) is 12.8 Å². The molecule has 2 heterocycles. The summed E-state index contributed by atoms with van der Waals surface area (Å²) in [5.41, 5.74) is 9.40. The smallest absolute Gasteiger partial charge is 0.0739 e. The number of rotatable bonds is 4. The third-order valence-corrected chi connectivity index (χ3v) is 4.27. The minimum absolute atomic E-state index is 0.128. The standard InChI is InChI=1S/C13H19BrN4/c1-4-11(15)10-5-6-18(7-10)8-12-13(14)9(2)16-17(12)3/h5-7,11H,4,8,15H2,1-3H3. The Labute approximate surface area is 116 Å². The predicted octanol–water partition coefficient (Wildman–Crippen LogP) is 2.75. The summed E-state index contributed by atoms with van der Waals surface area (Å²) in [5.74, 6) is 0. The van der Waals surface area contributed by atoms with E-state index in [1.807, 2.05) is 18.7 Å². The first-order valence-corrected chi connectivity index (χ1v) is 6.91. The summed E-state index contributed by atoms with van der Waals surface area (Å²) >= 11 is 3.59. The molecule has 1 atom stereocenters. The lowest BCUT2D eigenvalue weighted by molar-refractivity contribution is 0.656. The van der Waals surface area contributed by atoms with E-state index in [9.17, 15) is 0 Å². The van der Waals surface area contributed by atoms with Crippen LogP contribution in [0.5, 0.6) is 0 Å². The molecule has 2 N–H and O–H groups in total. The molecule has 2 rings (SSSR count). The number of hydrogen-bond acceptors (Lipinski definition) is 2. The molecule has 2 aromatic heterocycles. The van der Waals surface area contributed by atoms with Crippen molar-refractivity contribution in [1.82, 2.24) is 14.3 Å². The van der Waals surface area contributed by atoms with Crippen LogP contribution in [-0.2, 0) is 13.6 Å². The average molecular weight is 311 g/mol. The molecule has 0 aliphatic heterocycles. The monoisotopic (exact) mass is 310 g/mol. The quantitative estimate of drug-likeness (QED) is 0.944. The van der Waals surface area contributed by atoms with Crippen molar-refractivity contribution in [3.05, 3.63) is 39.9 Å². The Morgan fingerprint density at radius 2 is 2.22 bits per heavy atom. The zero-order chi connectivity index (χ0) is 13.3. The van der Waals surface area contributed by atoms with Crippen LogP contribution in [0.2, 0.25) is 0 Å². The molecule has 0 saturated heterocycles. The lowest BCUT2D eigenvalue weighted by Crippen LogP contribution is -2.08. The van der Waals surface area contributed by atoms with Gasteiger partial charge in [0, 0.05) is 25.5 Å². The third-order valence-electron chi connectivity index (χ3n) is 3.24. The van der Waals surface area contributed by atoms with Gasteiger partial charge in [-0.3, -0.25) is 4.68 Å². The molecule has 0 aliphatic carbocycles. The molecule has 0 saturated carbocycles. The Morgan fingerprint density at radius 1 is 1.50 bits per heavy atom. The number of hydrogen-bond donors (Lipinski definition) is 1. The van der Waals surface area contributed by atoms with E-state index in [-0.39, 0.29) is 6.04 Å². The molecular formula is C13H19BrN4. The van der Waals surface area contributed by atoms with E-state index in [0.29, 0.717) is 0 Å². The normalized spacial score (nSPS) is 12.9.